The SMILES string of the molecule is CC(C)n1ccc(-c2cnc(N)c(OC(C)(F)F)c2)n1. The summed E-state index contributed by atoms with van der Waals surface area (Å²) in [5, 5.41) is 4.34. The molecule has 2 aromatic rings. The van der Waals surface area contributed by atoms with Crippen LogP contribution in [-0.4, -0.2) is 20.9 Å². The number of rotatable bonds is 4. The largest absolute Gasteiger partial charge is 0.429 e. The second-order valence-corrected chi connectivity index (χ2v) is 4.79. The van der Waals surface area contributed by atoms with Gasteiger partial charge in [0.25, 0.3) is 0 Å². The Morgan fingerprint density at radius 2 is 2.10 bits per heavy atom. The highest BCUT2D eigenvalue weighted by atomic mass is 19.3. The molecule has 7 heteroatoms. The number of alkyl halides is 2. The Labute approximate surface area is 115 Å². The van der Waals surface area contributed by atoms with E-state index < -0.39 is 6.11 Å². The third kappa shape index (κ3) is 3.23. The van der Waals surface area contributed by atoms with Gasteiger partial charge < -0.3 is 10.5 Å². The van der Waals surface area contributed by atoms with Crippen LogP contribution in [-0.2, 0) is 0 Å². The molecule has 2 N–H and O–H groups in total. The van der Waals surface area contributed by atoms with Gasteiger partial charge in [-0.15, -0.1) is 0 Å². The maximum absolute atomic E-state index is 12.9. The zero-order valence-corrected chi connectivity index (χ0v) is 11.5. The molecule has 0 aliphatic rings. The molecule has 0 fully saturated rings. The third-order valence-corrected chi connectivity index (χ3v) is 2.60. The highest BCUT2D eigenvalue weighted by Gasteiger charge is 2.25. The summed E-state index contributed by atoms with van der Waals surface area (Å²) in [4.78, 5) is 3.86. The molecule has 5 nitrogen and oxygen atoms in total. The van der Waals surface area contributed by atoms with Crippen molar-refractivity contribution in [3.8, 4) is 17.0 Å². The smallest absolute Gasteiger partial charge is 0.395 e. The van der Waals surface area contributed by atoms with Gasteiger partial charge in [0.2, 0.25) is 0 Å². The van der Waals surface area contributed by atoms with Crippen LogP contribution in [0, 0.1) is 0 Å². The lowest BCUT2D eigenvalue weighted by Gasteiger charge is -2.14. The first kappa shape index (κ1) is 14.2. The number of hydrogen-bond acceptors (Lipinski definition) is 4. The maximum Gasteiger partial charge on any atom is 0.395 e. The molecular weight excluding hydrogens is 266 g/mol. The molecule has 2 heterocycles. The number of hydrogen-bond donors (Lipinski definition) is 1. The van der Waals surface area contributed by atoms with Gasteiger partial charge in [0.05, 0.1) is 5.69 Å². The van der Waals surface area contributed by atoms with Crippen molar-refractivity contribution in [2.45, 2.75) is 32.9 Å². The number of ether oxygens (including phenoxy) is 1. The summed E-state index contributed by atoms with van der Waals surface area (Å²) in [5.74, 6) is -0.243. The number of aromatic nitrogens is 3. The number of nitrogen functional groups attached to an aromatic ring is 1. The topological polar surface area (TPSA) is 66.0 Å². The van der Waals surface area contributed by atoms with Crippen LogP contribution < -0.4 is 10.5 Å². The van der Waals surface area contributed by atoms with Crippen LogP contribution in [0.4, 0.5) is 14.6 Å². The molecule has 0 atom stereocenters. The number of anilines is 1. The average molecular weight is 282 g/mol. The molecule has 0 spiro atoms. The lowest BCUT2D eigenvalue weighted by molar-refractivity contribution is -0.158. The number of nitrogens with two attached hydrogens (primary N) is 1. The summed E-state index contributed by atoms with van der Waals surface area (Å²) < 4.78 is 32.1. The third-order valence-electron chi connectivity index (χ3n) is 2.60. The Morgan fingerprint density at radius 3 is 2.65 bits per heavy atom. The molecule has 2 aromatic heterocycles. The molecule has 108 valence electrons. The highest BCUT2D eigenvalue weighted by molar-refractivity contribution is 5.63. The zero-order chi connectivity index (χ0) is 14.9. The van der Waals surface area contributed by atoms with Crippen LogP contribution in [0.2, 0.25) is 0 Å². The molecule has 0 aliphatic heterocycles. The summed E-state index contributed by atoms with van der Waals surface area (Å²) in [6, 6.07) is 3.40. The Balaban J connectivity index is 2.35. The Hall–Kier alpha value is -2.18. The number of halogens is 2. The first-order valence-electron chi connectivity index (χ1n) is 6.14. The first-order chi connectivity index (χ1) is 9.26. The van der Waals surface area contributed by atoms with Crippen LogP contribution in [0.25, 0.3) is 11.3 Å². The van der Waals surface area contributed by atoms with Crippen LogP contribution >= 0.6 is 0 Å². The fourth-order valence-corrected chi connectivity index (χ4v) is 1.65. The zero-order valence-electron chi connectivity index (χ0n) is 11.5. The van der Waals surface area contributed by atoms with E-state index >= 15 is 0 Å². The van der Waals surface area contributed by atoms with Gasteiger partial charge in [-0.2, -0.15) is 13.9 Å². The van der Waals surface area contributed by atoms with Gasteiger partial charge >= 0.3 is 6.11 Å². The molecule has 2 rings (SSSR count). The monoisotopic (exact) mass is 282 g/mol. The Bertz CT molecular complexity index is 605. The van der Waals surface area contributed by atoms with E-state index in [-0.39, 0.29) is 17.6 Å². The molecule has 0 aliphatic carbocycles. The van der Waals surface area contributed by atoms with Gasteiger partial charge in [0, 0.05) is 30.9 Å². The van der Waals surface area contributed by atoms with Gasteiger partial charge in [-0.1, -0.05) is 0 Å². The Kier molecular flexibility index (Phi) is 3.61. The fraction of sp³-hybridized carbons (Fsp3) is 0.385. The van der Waals surface area contributed by atoms with E-state index in [1.807, 2.05) is 20.0 Å². The van der Waals surface area contributed by atoms with E-state index in [9.17, 15) is 8.78 Å². The van der Waals surface area contributed by atoms with E-state index in [1.165, 1.54) is 12.3 Å². The maximum atomic E-state index is 12.9. The average Bonchev–Trinajstić information content (AvgIpc) is 2.79. The van der Waals surface area contributed by atoms with Crippen LogP contribution in [0.3, 0.4) is 0 Å². The predicted octanol–water partition coefficient (Wildman–Crippen LogP) is 3.10. The van der Waals surface area contributed by atoms with Crippen LogP contribution in [0.1, 0.15) is 26.8 Å². The summed E-state index contributed by atoms with van der Waals surface area (Å²) in [5.41, 5.74) is 6.72. The molecule has 0 unspecified atom stereocenters. The number of pyridine rings is 1. The van der Waals surface area contributed by atoms with Crippen molar-refractivity contribution in [1.29, 1.82) is 0 Å². The van der Waals surface area contributed by atoms with Crippen molar-refractivity contribution in [2.75, 3.05) is 5.73 Å². The van der Waals surface area contributed by atoms with Crippen molar-refractivity contribution in [1.82, 2.24) is 14.8 Å². The number of nitrogens with zero attached hydrogens (tertiary/aromatic N) is 3. The van der Waals surface area contributed by atoms with E-state index in [0.717, 1.165) is 0 Å². The standard InChI is InChI=1S/C13H16F2N4O/c1-8(2)19-5-4-10(18-19)9-6-11(12(16)17-7-9)20-13(3,14)15/h4-8H,1-3H3,(H2,16,17). The quantitative estimate of drug-likeness (QED) is 0.935. The van der Waals surface area contributed by atoms with Gasteiger partial charge in [-0.25, -0.2) is 4.98 Å². The molecule has 0 radical (unpaired) electrons. The van der Waals surface area contributed by atoms with Gasteiger partial charge in [0.1, 0.15) is 0 Å². The fourth-order valence-electron chi connectivity index (χ4n) is 1.65. The molecule has 0 saturated carbocycles. The van der Waals surface area contributed by atoms with Crippen molar-refractivity contribution in [3.05, 3.63) is 24.5 Å². The minimum Gasteiger partial charge on any atom is -0.429 e. The summed E-state index contributed by atoms with van der Waals surface area (Å²) in [6.07, 6.45) is -0.0278. The summed E-state index contributed by atoms with van der Waals surface area (Å²) in [6.45, 7) is 4.63. The lowest BCUT2D eigenvalue weighted by atomic mass is 10.2. The molecular formula is C13H16F2N4O. The van der Waals surface area contributed by atoms with E-state index in [2.05, 4.69) is 14.8 Å². The molecule has 20 heavy (non-hydrogen) atoms. The van der Waals surface area contributed by atoms with E-state index in [1.54, 1.807) is 10.7 Å². The van der Waals surface area contributed by atoms with Gasteiger partial charge in [-0.3, -0.25) is 4.68 Å². The van der Waals surface area contributed by atoms with Crippen LogP contribution in [0.5, 0.6) is 5.75 Å². The first-order valence-corrected chi connectivity index (χ1v) is 6.14. The van der Waals surface area contributed by atoms with Gasteiger partial charge in [0.15, 0.2) is 11.6 Å². The Morgan fingerprint density at radius 1 is 1.40 bits per heavy atom. The van der Waals surface area contributed by atoms with E-state index in [4.69, 9.17) is 5.73 Å². The van der Waals surface area contributed by atoms with Crippen molar-refractivity contribution in [3.63, 3.8) is 0 Å². The van der Waals surface area contributed by atoms with Crippen molar-refractivity contribution < 1.29 is 13.5 Å². The molecule has 0 amide bonds. The van der Waals surface area contributed by atoms with Gasteiger partial charge in [-0.05, 0) is 26.0 Å². The predicted molar refractivity (Wildman–Crippen MR) is 71.5 cm³/mol. The molecule has 0 saturated heterocycles. The second kappa shape index (κ2) is 5.07. The van der Waals surface area contributed by atoms with E-state index in [0.29, 0.717) is 18.2 Å². The summed E-state index contributed by atoms with van der Waals surface area (Å²) in [7, 11) is 0. The lowest BCUT2D eigenvalue weighted by Crippen LogP contribution is -2.20. The highest BCUT2D eigenvalue weighted by Crippen LogP contribution is 2.30. The minimum atomic E-state index is -3.31. The normalized spacial score (nSPS) is 11.9. The second-order valence-electron chi connectivity index (χ2n) is 4.79. The minimum absolute atomic E-state index is 0.0847. The summed E-state index contributed by atoms with van der Waals surface area (Å²) >= 11 is 0. The molecule has 0 bridgehead atoms. The molecule has 0 aromatic carbocycles. The van der Waals surface area contributed by atoms with Crippen molar-refractivity contribution >= 4 is 5.82 Å². The van der Waals surface area contributed by atoms with Crippen molar-refractivity contribution in [2.24, 2.45) is 0 Å². The van der Waals surface area contributed by atoms with Crippen LogP contribution in [0.15, 0.2) is 24.5 Å².